The van der Waals surface area contributed by atoms with Crippen molar-refractivity contribution in [3.05, 3.63) is 65.5 Å². The second-order valence-electron chi connectivity index (χ2n) is 10.2. The summed E-state index contributed by atoms with van der Waals surface area (Å²) in [7, 11) is 0. The Labute approximate surface area is 207 Å². The lowest BCUT2D eigenvalue weighted by molar-refractivity contribution is -0.275. The number of nitrogens with zero attached hydrogens (tertiary/aromatic N) is 1. The first-order valence-electron chi connectivity index (χ1n) is 12.5. The van der Waals surface area contributed by atoms with Gasteiger partial charge in [-0.1, -0.05) is 43.2 Å². The van der Waals surface area contributed by atoms with E-state index in [9.17, 15) is 27.5 Å². The second-order valence-corrected chi connectivity index (χ2v) is 10.2. The van der Waals surface area contributed by atoms with Crippen LogP contribution in [0.4, 0.5) is 17.6 Å². The number of para-hydroxylation sites is 1. The Hall–Kier alpha value is -2.65. The van der Waals surface area contributed by atoms with Crippen LogP contribution in [0.1, 0.15) is 55.6 Å². The van der Waals surface area contributed by atoms with E-state index in [1.54, 1.807) is 18.2 Å². The Kier molecular flexibility index (Phi) is 6.49. The van der Waals surface area contributed by atoms with Crippen LogP contribution in [0.3, 0.4) is 0 Å². The molecule has 2 saturated heterocycles. The second kappa shape index (κ2) is 9.34. The number of nitrogens with one attached hydrogen (secondary N) is 1. The van der Waals surface area contributed by atoms with Crippen LogP contribution in [-0.2, 0) is 10.4 Å². The van der Waals surface area contributed by atoms with Crippen LogP contribution in [0, 0.1) is 11.2 Å². The molecule has 0 aromatic heterocycles. The largest absolute Gasteiger partial charge is 0.573 e. The Balaban J connectivity index is 1.39. The summed E-state index contributed by atoms with van der Waals surface area (Å²) in [6, 6.07) is 11.7. The van der Waals surface area contributed by atoms with Crippen molar-refractivity contribution in [3.63, 3.8) is 0 Å². The van der Waals surface area contributed by atoms with E-state index in [0.29, 0.717) is 51.7 Å². The number of benzene rings is 2. The summed E-state index contributed by atoms with van der Waals surface area (Å²) in [4.78, 5) is 15.2. The molecule has 3 fully saturated rings. The molecule has 3 aliphatic rings. The quantitative estimate of drug-likeness (QED) is 0.582. The van der Waals surface area contributed by atoms with Gasteiger partial charge in [0.25, 0.3) is 0 Å². The molecule has 1 saturated carbocycles. The fraction of sp³-hybridized carbons (Fsp3) is 0.519. The molecule has 2 N–H and O–H groups in total. The predicted molar refractivity (Wildman–Crippen MR) is 125 cm³/mol. The molecule has 2 heterocycles. The SMILES string of the molecule is O=C1NCC(c2ccc(F)cc2)C12CCN(C1CCCCC1(O)c1ccccc1OC(F)(F)F)CC2. The fourth-order valence-electron chi connectivity index (χ4n) is 6.64. The highest BCUT2D eigenvalue weighted by molar-refractivity contribution is 5.86. The van der Waals surface area contributed by atoms with Crippen molar-refractivity contribution >= 4 is 5.91 Å². The van der Waals surface area contributed by atoms with Gasteiger partial charge >= 0.3 is 6.36 Å². The summed E-state index contributed by atoms with van der Waals surface area (Å²) in [5.74, 6) is -0.802. The highest BCUT2D eigenvalue weighted by Crippen LogP contribution is 2.50. The minimum Gasteiger partial charge on any atom is -0.405 e. The van der Waals surface area contributed by atoms with Gasteiger partial charge in [-0.05, 0) is 62.5 Å². The third-order valence-electron chi connectivity index (χ3n) is 8.41. The van der Waals surface area contributed by atoms with E-state index in [1.807, 2.05) is 0 Å². The molecule has 1 amide bonds. The molecule has 5 nitrogen and oxygen atoms in total. The average Bonchev–Trinajstić information content (AvgIpc) is 3.15. The Bertz CT molecular complexity index is 1100. The number of carbonyl (C=O) groups is 1. The first-order chi connectivity index (χ1) is 17.1. The minimum absolute atomic E-state index is 0.0145. The van der Waals surface area contributed by atoms with Gasteiger partial charge in [-0.2, -0.15) is 0 Å². The lowest BCUT2D eigenvalue weighted by Crippen LogP contribution is -2.57. The van der Waals surface area contributed by atoms with Gasteiger partial charge in [0.15, 0.2) is 0 Å². The van der Waals surface area contributed by atoms with Gasteiger partial charge in [0, 0.05) is 24.1 Å². The Morgan fingerprint density at radius 2 is 1.69 bits per heavy atom. The van der Waals surface area contributed by atoms with Crippen molar-refractivity contribution in [2.75, 3.05) is 19.6 Å². The number of ether oxygens (including phenoxy) is 1. The van der Waals surface area contributed by atoms with Crippen LogP contribution in [0.2, 0.25) is 0 Å². The number of hydrogen-bond donors (Lipinski definition) is 2. The minimum atomic E-state index is -4.86. The zero-order valence-corrected chi connectivity index (χ0v) is 19.9. The number of alkyl halides is 3. The first kappa shape index (κ1) is 25.0. The number of carbonyl (C=O) groups excluding carboxylic acids is 1. The molecule has 1 aliphatic carbocycles. The normalized spacial score (nSPS) is 28.8. The summed E-state index contributed by atoms with van der Waals surface area (Å²) in [5.41, 5.74) is -1.07. The maximum absolute atomic E-state index is 13.5. The molecule has 194 valence electrons. The van der Waals surface area contributed by atoms with E-state index in [-0.39, 0.29) is 29.0 Å². The van der Waals surface area contributed by atoms with Gasteiger partial charge in [-0.3, -0.25) is 9.69 Å². The molecule has 5 rings (SSSR count). The average molecular weight is 507 g/mol. The summed E-state index contributed by atoms with van der Waals surface area (Å²) in [5, 5.41) is 14.9. The van der Waals surface area contributed by atoms with Crippen LogP contribution in [0.25, 0.3) is 0 Å². The summed E-state index contributed by atoms with van der Waals surface area (Å²) >= 11 is 0. The predicted octanol–water partition coefficient (Wildman–Crippen LogP) is 4.85. The van der Waals surface area contributed by atoms with Crippen LogP contribution in [0.15, 0.2) is 48.5 Å². The zero-order chi connectivity index (χ0) is 25.6. The Morgan fingerprint density at radius 3 is 2.39 bits per heavy atom. The van der Waals surface area contributed by atoms with Crippen molar-refractivity contribution in [2.24, 2.45) is 5.41 Å². The molecule has 2 aromatic rings. The van der Waals surface area contributed by atoms with Crippen molar-refractivity contribution in [1.29, 1.82) is 0 Å². The van der Waals surface area contributed by atoms with E-state index >= 15 is 0 Å². The number of likely N-dealkylation sites (tertiary alicyclic amines) is 1. The molecule has 1 spiro atoms. The summed E-state index contributed by atoms with van der Waals surface area (Å²) < 4.78 is 57.1. The standard InChI is InChI=1S/C27H30F4N2O3/c28-19-10-8-18(9-11-19)21-17-32-24(34)25(21)13-15-33(16-14-25)23-7-3-4-12-26(23,35)20-5-1-2-6-22(20)36-27(29,30)31/h1-2,5-6,8-11,21,23,35H,3-4,7,12-17H2,(H,32,34). The monoisotopic (exact) mass is 506 g/mol. The number of amides is 1. The topological polar surface area (TPSA) is 61.8 Å². The van der Waals surface area contributed by atoms with Gasteiger partial charge in [0.2, 0.25) is 5.91 Å². The highest BCUT2D eigenvalue weighted by atomic mass is 19.4. The Morgan fingerprint density at radius 1 is 1.00 bits per heavy atom. The smallest absolute Gasteiger partial charge is 0.405 e. The van der Waals surface area contributed by atoms with E-state index in [1.165, 1.54) is 30.3 Å². The van der Waals surface area contributed by atoms with Crippen LogP contribution < -0.4 is 10.1 Å². The van der Waals surface area contributed by atoms with Crippen molar-refractivity contribution < 1.29 is 32.2 Å². The maximum Gasteiger partial charge on any atom is 0.573 e. The third-order valence-corrected chi connectivity index (χ3v) is 8.41. The first-order valence-corrected chi connectivity index (χ1v) is 12.5. The molecule has 2 aromatic carbocycles. The lowest BCUT2D eigenvalue weighted by Gasteiger charge is -2.50. The van der Waals surface area contributed by atoms with Crippen LogP contribution in [0.5, 0.6) is 5.75 Å². The zero-order valence-electron chi connectivity index (χ0n) is 19.9. The van der Waals surface area contributed by atoms with Gasteiger partial charge in [-0.25, -0.2) is 4.39 Å². The highest BCUT2D eigenvalue weighted by Gasteiger charge is 2.54. The van der Waals surface area contributed by atoms with Crippen LogP contribution in [-0.4, -0.2) is 48.0 Å². The van der Waals surface area contributed by atoms with Crippen molar-refractivity contribution in [2.45, 2.75) is 62.4 Å². The number of rotatable bonds is 4. The van der Waals surface area contributed by atoms with E-state index in [4.69, 9.17) is 0 Å². The molecule has 36 heavy (non-hydrogen) atoms. The molecule has 3 unspecified atom stereocenters. The summed E-state index contributed by atoms with van der Waals surface area (Å²) in [6.07, 6.45) is -1.24. The number of aliphatic hydroxyl groups is 1. The van der Waals surface area contributed by atoms with Gasteiger partial charge < -0.3 is 15.2 Å². The number of piperidine rings is 1. The van der Waals surface area contributed by atoms with E-state index in [2.05, 4.69) is 15.0 Å². The van der Waals surface area contributed by atoms with Crippen LogP contribution >= 0.6 is 0 Å². The molecule has 2 aliphatic heterocycles. The molecule has 0 radical (unpaired) electrons. The van der Waals surface area contributed by atoms with E-state index < -0.39 is 23.4 Å². The van der Waals surface area contributed by atoms with Gasteiger partial charge in [-0.15, -0.1) is 13.2 Å². The van der Waals surface area contributed by atoms with Gasteiger partial charge in [0.1, 0.15) is 17.2 Å². The molecule has 9 heteroatoms. The van der Waals surface area contributed by atoms with Crippen molar-refractivity contribution in [3.8, 4) is 5.75 Å². The maximum atomic E-state index is 13.5. The van der Waals surface area contributed by atoms with Crippen molar-refractivity contribution in [1.82, 2.24) is 10.2 Å². The number of hydrogen-bond acceptors (Lipinski definition) is 4. The lowest BCUT2D eigenvalue weighted by atomic mass is 9.66. The third kappa shape index (κ3) is 4.47. The fourth-order valence-corrected chi connectivity index (χ4v) is 6.64. The van der Waals surface area contributed by atoms with Gasteiger partial charge in [0.05, 0.1) is 5.41 Å². The molecular formula is C27H30F4N2O3. The molecule has 0 bridgehead atoms. The summed E-state index contributed by atoms with van der Waals surface area (Å²) in [6.45, 7) is 1.54. The number of halogens is 4. The molecular weight excluding hydrogens is 476 g/mol. The van der Waals surface area contributed by atoms with E-state index in [0.717, 1.165) is 12.0 Å². The molecule has 3 atom stereocenters.